The normalized spacial score (nSPS) is 17.6. The molecule has 6 heteroatoms. The number of piperidine rings is 1. The number of hydrogen-bond donors (Lipinski definition) is 1. The Morgan fingerprint density at radius 3 is 2.75 bits per heavy atom. The monoisotopic (exact) mass is 363 g/mol. The molecule has 24 heavy (non-hydrogen) atoms. The highest BCUT2D eigenvalue weighted by atomic mass is 35.5. The van der Waals surface area contributed by atoms with Gasteiger partial charge in [-0.25, -0.2) is 0 Å². The van der Waals surface area contributed by atoms with Crippen LogP contribution in [0.4, 0.5) is 11.4 Å². The number of para-hydroxylation sites is 1. The second-order valence-corrected chi connectivity index (χ2v) is 6.96. The highest BCUT2D eigenvalue weighted by Gasteiger charge is 2.19. The standard InChI is InChI=1S/C18H19Cl2N3O/c1-12-4-3-9-23(11-12)13-7-8-21-16(10-13)18(24)22-17-14(19)5-2-6-15(17)20/h2,5-8,10,12H,3-4,9,11H2,1H3,(H,22,24). The molecule has 2 heterocycles. The molecule has 0 aliphatic carbocycles. The van der Waals surface area contributed by atoms with Crippen molar-refractivity contribution in [1.82, 2.24) is 4.98 Å². The van der Waals surface area contributed by atoms with Crippen molar-refractivity contribution in [3.05, 3.63) is 52.3 Å². The fourth-order valence-electron chi connectivity index (χ4n) is 2.96. The highest BCUT2D eigenvalue weighted by Crippen LogP contribution is 2.30. The average Bonchev–Trinajstić information content (AvgIpc) is 2.58. The lowest BCUT2D eigenvalue weighted by atomic mass is 10.00. The van der Waals surface area contributed by atoms with Gasteiger partial charge in [-0.1, -0.05) is 36.2 Å². The predicted molar refractivity (Wildman–Crippen MR) is 99.3 cm³/mol. The number of nitrogens with one attached hydrogen (secondary N) is 1. The Labute approximate surface area is 151 Å². The van der Waals surface area contributed by atoms with Crippen LogP contribution in [0.5, 0.6) is 0 Å². The van der Waals surface area contributed by atoms with Crippen molar-refractivity contribution in [1.29, 1.82) is 0 Å². The number of carbonyl (C=O) groups excluding carboxylic acids is 1. The molecular weight excluding hydrogens is 345 g/mol. The summed E-state index contributed by atoms with van der Waals surface area (Å²) < 4.78 is 0. The van der Waals surface area contributed by atoms with Crippen LogP contribution in [0.2, 0.25) is 10.0 Å². The molecule has 0 bridgehead atoms. The molecule has 1 aliphatic rings. The van der Waals surface area contributed by atoms with Crippen molar-refractivity contribution in [2.75, 3.05) is 23.3 Å². The zero-order valence-electron chi connectivity index (χ0n) is 13.4. The molecule has 1 saturated heterocycles. The minimum absolute atomic E-state index is 0.322. The average molecular weight is 364 g/mol. The van der Waals surface area contributed by atoms with E-state index in [0.717, 1.165) is 18.8 Å². The fraction of sp³-hybridized carbons (Fsp3) is 0.333. The summed E-state index contributed by atoms with van der Waals surface area (Å²) >= 11 is 12.2. The highest BCUT2D eigenvalue weighted by molar-refractivity contribution is 6.40. The Kier molecular flexibility index (Phi) is 5.27. The summed E-state index contributed by atoms with van der Waals surface area (Å²) in [5, 5.41) is 3.55. The summed E-state index contributed by atoms with van der Waals surface area (Å²) in [6, 6.07) is 8.86. The molecule has 0 radical (unpaired) electrons. The maximum Gasteiger partial charge on any atom is 0.274 e. The van der Waals surface area contributed by atoms with Crippen molar-refractivity contribution in [3.8, 4) is 0 Å². The molecule has 1 atom stereocenters. The van der Waals surface area contributed by atoms with Crippen molar-refractivity contribution in [3.63, 3.8) is 0 Å². The van der Waals surface area contributed by atoms with Gasteiger partial charge >= 0.3 is 0 Å². The van der Waals surface area contributed by atoms with E-state index in [1.54, 1.807) is 24.4 Å². The van der Waals surface area contributed by atoms with Crippen LogP contribution in [-0.2, 0) is 0 Å². The van der Waals surface area contributed by atoms with E-state index in [1.807, 2.05) is 12.1 Å². The van der Waals surface area contributed by atoms with Gasteiger partial charge in [0.1, 0.15) is 5.69 Å². The number of halogens is 2. The van der Waals surface area contributed by atoms with Crippen LogP contribution in [0, 0.1) is 5.92 Å². The van der Waals surface area contributed by atoms with Gasteiger partial charge in [-0.2, -0.15) is 0 Å². The summed E-state index contributed by atoms with van der Waals surface area (Å²) in [6.45, 7) is 4.26. The molecule has 0 spiro atoms. The van der Waals surface area contributed by atoms with Crippen LogP contribution in [0.25, 0.3) is 0 Å². The van der Waals surface area contributed by atoms with Crippen LogP contribution < -0.4 is 10.2 Å². The lowest BCUT2D eigenvalue weighted by Gasteiger charge is -2.32. The first-order chi connectivity index (χ1) is 11.5. The van der Waals surface area contributed by atoms with E-state index in [-0.39, 0.29) is 5.91 Å². The number of aromatic nitrogens is 1. The van der Waals surface area contributed by atoms with Gasteiger partial charge < -0.3 is 10.2 Å². The summed E-state index contributed by atoms with van der Waals surface area (Å²) in [4.78, 5) is 19.0. The van der Waals surface area contributed by atoms with E-state index >= 15 is 0 Å². The number of nitrogens with zero attached hydrogens (tertiary/aromatic N) is 2. The summed E-state index contributed by atoms with van der Waals surface area (Å²) in [5.74, 6) is 0.336. The second-order valence-electron chi connectivity index (χ2n) is 6.14. The molecule has 3 rings (SSSR count). The van der Waals surface area contributed by atoms with Crippen molar-refractivity contribution in [2.24, 2.45) is 5.92 Å². The van der Waals surface area contributed by atoms with Gasteiger partial charge in [-0.15, -0.1) is 0 Å². The third-order valence-electron chi connectivity index (χ3n) is 4.20. The molecule has 2 aromatic rings. The Hall–Kier alpha value is -1.78. The molecular formula is C18H19Cl2N3O. The van der Waals surface area contributed by atoms with Crippen LogP contribution >= 0.6 is 23.2 Å². The SMILES string of the molecule is CC1CCCN(c2ccnc(C(=O)Nc3c(Cl)cccc3Cl)c2)C1. The molecule has 1 aliphatic heterocycles. The van der Waals surface area contributed by atoms with Gasteiger partial charge in [0.15, 0.2) is 0 Å². The van der Waals surface area contributed by atoms with Crippen LogP contribution in [0.3, 0.4) is 0 Å². The zero-order valence-corrected chi connectivity index (χ0v) is 14.9. The van der Waals surface area contributed by atoms with E-state index in [2.05, 4.69) is 22.1 Å². The van der Waals surface area contributed by atoms with Crippen LogP contribution in [0.1, 0.15) is 30.3 Å². The maximum absolute atomic E-state index is 12.5. The van der Waals surface area contributed by atoms with Crippen LogP contribution in [0.15, 0.2) is 36.5 Å². The molecule has 4 nitrogen and oxygen atoms in total. The first-order valence-corrected chi connectivity index (χ1v) is 8.76. The summed E-state index contributed by atoms with van der Waals surface area (Å²) in [5.41, 5.74) is 1.78. The Morgan fingerprint density at radius 2 is 2.04 bits per heavy atom. The molecule has 1 unspecified atom stereocenters. The Morgan fingerprint density at radius 1 is 1.29 bits per heavy atom. The van der Waals surface area contributed by atoms with E-state index in [1.165, 1.54) is 12.8 Å². The van der Waals surface area contributed by atoms with Gasteiger partial charge in [-0.05, 0) is 43.0 Å². The largest absolute Gasteiger partial charge is 0.371 e. The van der Waals surface area contributed by atoms with E-state index < -0.39 is 0 Å². The van der Waals surface area contributed by atoms with Crippen molar-refractivity contribution >= 4 is 40.5 Å². The van der Waals surface area contributed by atoms with Gasteiger partial charge in [0.25, 0.3) is 5.91 Å². The lowest BCUT2D eigenvalue weighted by molar-refractivity contribution is 0.102. The van der Waals surface area contributed by atoms with Crippen LogP contribution in [-0.4, -0.2) is 24.0 Å². The molecule has 126 valence electrons. The smallest absolute Gasteiger partial charge is 0.274 e. The first kappa shape index (κ1) is 17.1. The Bertz CT molecular complexity index is 731. The summed E-state index contributed by atoms with van der Waals surface area (Å²) in [7, 11) is 0. The number of benzene rings is 1. The van der Waals surface area contributed by atoms with E-state index in [0.29, 0.717) is 27.3 Å². The van der Waals surface area contributed by atoms with E-state index in [9.17, 15) is 4.79 Å². The van der Waals surface area contributed by atoms with E-state index in [4.69, 9.17) is 23.2 Å². The molecule has 0 saturated carbocycles. The first-order valence-electron chi connectivity index (χ1n) is 8.01. The van der Waals surface area contributed by atoms with Gasteiger partial charge in [0.2, 0.25) is 0 Å². The number of hydrogen-bond acceptors (Lipinski definition) is 3. The minimum atomic E-state index is -0.322. The molecule has 1 aromatic heterocycles. The number of amides is 1. The molecule has 1 N–H and O–H groups in total. The lowest BCUT2D eigenvalue weighted by Crippen LogP contribution is -2.34. The summed E-state index contributed by atoms with van der Waals surface area (Å²) in [6.07, 6.45) is 4.08. The quantitative estimate of drug-likeness (QED) is 0.845. The van der Waals surface area contributed by atoms with Crippen molar-refractivity contribution < 1.29 is 4.79 Å². The minimum Gasteiger partial charge on any atom is -0.371 e. The number of rotatable bonds is 3. The van der Waals surface area contributed by atoms with Gasteiger partial charge in [-0.3, -0.25) is 9.78 Å². The van der Waals surface area contributed by atoms with Crippen molar-refractivity contribution in [2.45, 2.75) is 19.8 Å². The fourth-order valence-corrected chi connectivity index (χ4v) is 3.45. The third-order valence-corrected chi connectivity index (χ3v) is 4.83. The maximum atomic E-state index is 12.5. The third kappa shape index (κ3) is 3.82. The molecule has 1 amide bonds. The topological polar surface area (TPSA) is 45.2 Å². The Balaban J connectivity index is 1.79. The number of pyridine rings is 1. The van der Waals surface area contributed by atoms with Gasteiger partial charge in [0, 0.05) is 25.0 Å². The predicted octanol–water partition coefficient (Wildman–Crippen LogP) is 4.88. The molecule has 1 aromatic carbocycles. The molecule has 1 fully saturated rings. The zero-order chi connectivity index (χ0) is 17.1. The number of carbonyl (C=O) groups is 1. The van der Waals surface area contributed by atoms with Gasteiger partial charge in [0.05, 0.1) is 15.7 Å². The second kappa shape index (κ2) is 7.41. The number of anilines is 2.